The van der Waals surface area contributed by atoms with E-state index in [9.17, 15) is 18.0 Å². The van der Waals surface area contributed by atoms with E-state index < -0.39 is 23.2 Å². The van der Waals surface area contributed by atoms with Gasteiger partial charge in [-0.1, -0.05) is 6.92 Å². The zero-order chi connectivity index (χ0) is 22.1. The van der Waals surface area contributed by atoms with Crippen LogP contribution in [0.5, 0.6) is 11.5 Å². The summed E-state index contributed by atoms with van der Waals surface area (Å²) in [4.78, 5) is 14.3. The van der Waals surface area contributed by atoms with E-state index >= 15 is 0 Å². The zero-order valence-corrected chi connectivity index (χ0v) is 18.1. The number of likely N-dealkylation sites (N-methyl/N-ethyl adjacent to an activating group) is 1. The van der Waals surface area contributed by atoms with Gasteiger partial charge in [0.05, 0.1) is 6.54 Å². The van der Waals surface area contributed by atoms with Crippen LogP contribution in [0.25, 0.3) is 0 Å². The highest BCUT2D eigenvalue weighted by atomic mass is 32.2. The molecule has 5 nitrogen and oxygen atoms in total. The summed E-state index contributed by atoms with van der Waals surface area (Å²) >= 11 is 1.10. The van der Waals surface area contributed by atoms with Gasteiger partial charge in [0, 0.05) is 24.5 Å². The highest BCUT2D eigenvalue weighted by Crippen LogP contribution is 2.33. The number of carbonyl (C=O) groups is 1. The van der Waals surface area contributed by atoms with Crippen molar-refractivity contribution < 1.29 is 22.7 Å². The fourth-order valence-corrected chi connectivity index (χ4v) is 3.37. The molecule has 0 unspecified atom stereocenters. The standard InChI is InChI=1S/C21H26F3N3O2S/c1-4-9-25-20(28)14-27(11-10-26(2)3)30-17-12-18(23)21(19(24)13-17)29-16-7-5-15(22)6-8-16/h5-8,12-13H,4,9-11,14H2,1-3H3,(H,25,28). The molecule has 0 aromatic heterocycles. The van der Waals surface area contributed by atoms with Gasteiger partial charge >= 0.3 is 0 Å². The van der Waals surface area contributed by atoms with E-state index in [-0.39, 0.29) is 18.2 Å². The number of nitrogens with one attached hydrogen (secondary N) is 1. The lowest BCUT2D eigenvalue weighted by Gasteiger charge is -2.22. The van der Waals surface area contributed by atoms with Crippen molar-refractivity contribution in [2.75, 3.05) is 40.3 Å². The summed E-state index contributed by atoms with van der Waals surface area (Å²) in [5, 5.41) is 2.80. The molecule has 0 spiro atoms. The predicted octanol–water partition coefficient (Wildman–Crippen LogP) is 4.29. The van der Waals surface area contributed by atoms with Crippen molar-refractivity contribution in [3.05, 3.63) is 53.8 Å². The summed E-state index contributed by atoms with van der Waals surface area (Å²) in [7, 11) is 3.81. The SMILES string of the molecule is CCCNC(=O)CN(CCN(C)C)Sc1cc(F)c(Oc2ccc(F)cc2)c(F)c1. The quantitative estimate of drug-likeness (QED) is 0.527. The Morgan fingerprint density at radius 1 is 1.07 bits per heavy atom. The topological polar surface area (TPSA) is 44.8 Å². The second kappa shape index (κ2) is 11.8. The van der Waals surface area contributed by atoms with Gasteiger partial charge in [-0.2, -0.15) is 0 Å². The van der Waals surface area contributed by atoms with Crippen molar-refractivity contribution in [2.24, 2.45) is 0 Å². The van der Waals surface area contributed by atoms with Gasteiger partial charge in [-0.15, -0.1) is 0 Å². The van der Waals surface area contributed by atoms with E-state index in [4.69, 9.17) is 4.74 Å². The van der Waals surface area contributed by atoms with Crippen molar-refractivity contribution in [2.45, 2.75) is 18.2 Å². The van der Waals surface area contributed by atoms with E-state index in [1.807, 2.05) is 25.9 Å². The Kier molecular flexibility index (Phi) is 9.48. The number of ether oxygens (including phenoxy) is 1. The molecule has 0 aliphatic rings. The number of rotatable bonds is 11. The van der Waals surface area contributed by atoms with Crippen LogP contribution in [0.3, 0.4) is 0 Å². The molecule has 2 rings (SSSR count). The van der Waals surface area contributed by atoms with Crippen LogP contribution in [0.4, 0.5) is 13.2 Å². The number of benzene rings is 2. The Labute approximate surface area is 179 Å². The maximum atomic E-state index is 14.5. The molecule has 0 saturated heterocycles. The molecule has 0 aliphatic carbocycles. The maximum Gasteiger partial charge on any atom is 0.235 e. The molecule has 0 saturated carbocycles. The monoisotopic (exact) mass is 441 g/mol. The van der Waals surface area contributed by atoms with Gasteiger partial charge in [-0.05, 0) is 68.9 Å². The molecular weight excluding hydrogens is 415 g/mol. The molecule has 0 bridgehead atoms. The van der Waals surface area contributed by atoms with Crippen molar-refractivity contribution in [1.82, 2.24) is 14.5 Å². The van der Waals surface area contributed by atoms with Crippen molar-refractivity contribution in [1.29, 1.82) is 0 Å². The van der Waals surface area contributed by atoms with Gasteiger partial charge in [0.1, 0.15) is 11.6 Å². The molecule has 0 heterocycles. The van der Waals surface area contributed by atoms with Crippen LogP contribution in [-0.2, 0) is 4.79 Å². The second-order valence-corrected chi connectivity index (χ2v) is 8.05. The number of nitrogens with zero attached hydrogens (tertiary/aromatic N) is 2. The third-order valence-electron chi connectivity index (χ3n) is 3.93. The molecule has 1 N–H and O–H groups in total. The normalized spacial score (nSPS) is 11.2. The van der Waals surface area contributed by atoms with Crippen LogP contribution >= 0.6 is 11.9 Å². The molecule has 9 heteroatoms. The summed E-state index contributed by atoms with van der Waals surface area (Å²) in [5.41, 5.74) is 0. The minimum absolute atomic E-state index is 0.0928. The van der Waals surface area contributed by atoms with Gasteiger partial charge in [0.25, 0.3) is 0 Å². The van der Waals surface area contributed by atoms with Crippen LogP contribution in [0.15, 0.2) is 41.3 Å². The molecule has 2 aromatic rings. The van der Waals surface area contributed by atoms with E-state index in [1.54, 1.807) is 4.31 Å². The average molecular weight is 442 g/mol. The minimum Gasteiger partial charge on any atom is -0.451 e. The van der Waals surface area contributed by atoms with Crippen molar-refractivity contribution in [3.63, 3.8) is 0 Å². The molecule has 0 fully saturated rings. The minimum atomic E-state index is -0.884. The predicted molar refractivity (Wildman–Crippen MR) is 112 cm³/mol. The smallest absolute Gasteiger partial charge is 0.235 e. The third kappa shape index (κ3) is 7.89. The second-order valence-electron chi connectivity index (χ2n) is 6.88. The van der Waals surface area contributed by atoms with E-state index in [2.05, 4.69) is 5.32 Å². The van der Waals surface area contributed by atoms with Gasteiger partial charge in [-0.25, -0.2) is 17.5 Å². The summed E-state index contributed by atoms with van der Waals surface area (Å²) < 4.78 is 49.0. The van der Waals surface area contributed by atoms with Gasteiger partial charge in [0.15, 0.2) is 17.4 Å². The number of hydrogen-bond acceptors (Lipinski definition) is 5. The first-order valence-corrected chi connectivity index (χ1v) is 10.3. The van der Waals surface area contributed by atoms with Crippen LogP contribution < -0.4 is 10.1 Å². The first-order chi connectivity index (χ1) is 14.3. The van der Waals surface area contributed by atoms with Crippen LogP contribution in [-0.4, -0.2) is 55.4 Å². The first kappa shape index (κ1) is 24.0. The number of halogens is 3. The number of amides is 1. The number of hydrogen-bond donors (Lipinski definition) is 1. The van der Waals surface area contributed by atoms with Gasteiger partial charge in [-0.3, -0.25) is 4.79 Å². The Morgan fingerprint density at radius 2 is 1.70 bits per heavy atom. The molecule has 2 aromatic carbocycles. The fourth-order valence-electron chi connectivity index (χ4n) is 2.41. The Hall–Kier alpha value is -2.23. The van der Waals surface area contributed by atoms with Crippen LogP contribution in [0.1, 0.15) is 13.3 Å². The summed E-state index contributed by atoms with van der Waals surface area (Å²) in [6.07, 6.45) is 0.822. The molecule has 1 amide bonds. The largest absolute Gasteiger partial charge is 0.451 e. The molecule has 164 valence electrons. The van der Waals surface area contributed by atoms with Crippen LogP contribution in [0.2, 0.25) is 0 Å². The lowest BCUT2D eigenvalue weighted by atomic mass is 10.3. The summed E-state index contributed by atoms with van der Waals surface area (Å²) in [6, 6.07) is 7.16. The van der Waals surface area contributed by atoms with E-state index in [1.165, 1.54) is 12.1 Å². The summed E-state index contributed by atoms with van der Waals surface area (Å²) in [6.45, 7) is 3.82. The van der Waals surface area contributed by atoms with Crippen molar-refractivity contribution >= 4 is 17.9 Å². The Bertz CT molecular complexity index is 812. The summed E-state index contributed by atoms with van der Waals surface area (Å²) in [5.74, 6) is -2.84. The van der Waals surface area contributed by atoms with Crippen molar-refractivity contribution in [3.8, 4) is 11.5 Å². The zero-order valence-electron chi connectivity index (χ0n) is 17.3. The molecule has 0 radical (unpaired) electrons. The lowest BCUT2D eigenvalue weighted by molar-refractivity contribution is -0.121. The molecular formula is C21H26F3N3O2S. The first-order valence-electron chi connectivity index (χ1n) is 9.55. The fraction of sp³-hybridized carbons (Fsp3) is 0.381. The average Bonchev–Trinajstić information content (AvgIpc) is 2.68. The third-order valence-corrected chi connectivity index (χ3v) is 4.94. The maximum absolute atomic E-state index is 14.5. The highest BCUT2D eigenvalue weighted by molar-refractivity contribution is 7.97. The lowest BCUT2D eigenvalue weighted by Crippen LogP contribution is -2.37. The van der Waals surface area contributed by atoms with Crippen LogP contribution in [0, 0.1) is 17.5 Å². The Balaban J connectivity index is 2.12. The Morgan fingerprint density at radius 3 is 2.27 bits per heavy atom. The van der Waals surface area contributed by atoms with Gasteiger partial charge in [0.2, 0.25) is 5.91 Å². The van der Waals surface area contributed by atoms with E-state index in [0.717, 1.165) is 42.6 Å². The van der Waals surface area contributed by atoms with Gasteiger partial charge < -0.3 is 15.0 Å². The molecule has 0 atom stereocenters. The highest BCUT2D eigenvalue weighted by Gasteiger charge is 2.18. The van der Waals surface area contributed by atoms with E-state index in [0.29, 0.717) is 24.5 Å². The molecule has 0 aliphatic heterocycles. The number of carbonyl (C=O) groups excluding carboxylic acids is 1. The molecule has 30 heavy (non-hydrogen) atoms.